The summed E-state index contributed by atoms with van der Waals surface area (Å²) in [4.78, 5) is 14.5. The van der Waals surface area contributed by atoms with E-state index >= 15 is 0 Å². The van der Waals surface area contributed by atoms with Crippen LogP contribution >= 0.6 is 0 Å². The van der Waals surface area contributed by atoms with E-state index in [-0.39, 0.29) is 42.9 Å². The molecule has 0 saturated carbocycles. The Morgan fingerprint density at radius 2 is 1.42 bits per heavy atom. The first-order valence-corrected chi connectivity index (χ1v) is 21.9. The second kappa shape index (κ2) is 17.4. The van der Waals surface area contributed by atoms with Gasteiger partial charge in [-0.2, -0.15) is 0 Å². The van der Waals surface area contributed by atoms with Gasteiger partial charge in [-0.25, -0.2) is 4.98 Å². The second-order valence-corrected chi connectivity index (χ2v) is 18.1. The van der Waals surface area contributed by atoms with E-state index in [4.69, 9.17) is 22.9 Å². The van der Waals surface area contributed by atoms with Crippen LogP contribution in [-0.4, -0.2) is 19.5 Å². The van der Waals surface area contributed by atoms with E-state index in [1.54, 1.807) is 12.1 Å². The molecule has 0 N–H and O–H groups in total. The molecule has 0 spiro atoms. The third-order valence-corrected chi connectivity index (χ3v) is 12.0. The van der Waals surface area contributed by atoms with Crippen LogP contribution < -0.4 is 0 Å². The van der Waals surface area contributed by atoms with Gasteiger partial charge in [0.05, 0.1) is 27.8 Å². The van der Waals surface area contributed by atoms with Crippen LogP contribution in [0.1, 0.15) is 86.7 Å². The summed E-state index contributed by atoms with van der Waals surface area (Å²) in [5.41, 5.74) is 14.0. The van der Waals surface area contributed by atoms with Gasteiger partial charge in [-0.15, -0.1) is 54.1 Å². The first-order valence-electron chi connectivity index (χ1n) is 23.4. The topological polar surface area (TPSA) is 69.9 Å². The van der Waals surface area contributed by atoms with Crippen LogP contribution in [0, 0.1) is 19.0 Å². The van der Waals surface area contributed by atoms with E-state index < -0.39 is 6.85 Å². The molecule has 0 aliphatic carbocycles. The third kappa shape index (κ3) is 7.98. The summed E-state index contributed by atoms with van der Waals surface area (Å²) in [6.07, 6.45) is 1.87. The van der Waals surface area contributed by atoms with Gasteiger partial charge in [-0.1, -0.05) is 121 Å². The molecular weight excluding hydrogens is 977 g/mol. The van der Waals surface area contributed by atoms with Crippen molar-refractivity contribution >= 4 is 55.2 Å². The molecule has 5 heterocycles. The number of furan rings is 2. The Bertz CT molecular complexity index is 3590. The average molecular weight is 1030 g/mol. The Kier molecular flexibility index (Phi) is 10.7. The number of hydrogen-bond donors (Lipinski definition) is 0. The van der Waals surface area contributed by atoms with Crippen LogP contribution in [-0.2, 0) is 25.5 Å². The second-order valence-electron chi connectivity index (χ2n) is 18.1. The van der Waals surface area contributed by atoms with E-state index in [0.29, 0.717) is 44.8 Å². The molecule has 65 heavy (non-hydrogen) atoms. The van der Waals surface area contributed by atoms with Gasteiger partial charge >= 0.3 is 0 Å². The molecule has 0 atom stereocenters. The fourth-order valence-corrected chi connectivity index (χ4v) is 8.68. The summed E-state index contributed by atoms with van der Waals surface area (Å²) >= 11 is 0. The number of imidazole rings is 1. The average Bonchev–Trinajstić information content (AvgIpc) is 4.01. The zero-order valence-corrected chi connectivity index (χ0v) is 39.8. The van der Waals surface area contributed by atoms with Crippen molar-refractivity contribution in [2.24, 2.45) is 0 Å². The number of aromatic nitrogens is 4. The Morgan fingerprint density at radius 3 is 2.14 bits per heavy atom. The first-order chi connectivity index (χ1) is 32.2. The molecule has 0 aliphatic heterocycles. The fraction of sp³-hybridized carbons (Fsp3) is 0.190. The van der Waals surface area contributed by atoms with Crippen LogP contribution in [0.3, 0.4) is 0 Å². The standard InChI is InChI=1S/C43H34N3O2.C15H16N.Ir/c1-24(2)32-21-28(27-14-7-6-8-15-27)22-33(25(3)4)40(32)46-39-26(5)13-11-19-35(39)44-42(46)31-18-12-17-30-38-37(47-41(30)31)23-34-29-16-9-10-20-36(29)48-43(34)45-38;1-15(2,3)13-9-10-16-14(11-13)12-7-5-4-6-8-12;/h6-17,19-25H,1-5H3;4-7,9-11H,1-3H3;/q2*-1;/i5D3;;. The van der Waals surface area contributed by atoms with Gasteiger partial charge < -0.3 is 18.4 Å². The molecule has 0 bridgehead atoms. The molecule has 11 aromatic rings. The molecule has 7 heteroatoms. The van der Waals surface area contributed by atoms with Gasteiger partial charge in [0.15, 0.2) is 0 Å². The number of para-hydroxylation sites is 2. The molecule has 6 aromatic carbocycles. The molecule has 0 saturated heterocycles. The predicted octanol–water partition coefficient (Wildman–Crippen LogP) is 15.8. The molecule has 0 fully saturated rings. The number of benzene rings is 6. The van der Waals surface area contributed by atoms with Crippen molar-refractivity contribution < 1.29 is 33.1 Å². The summed E-state index contributed by atoms with van der Waals surface area (Å²) in [5, 5.41) is 2.64. The Hall–Kier alpha value is -6.66. The molecule has 325 valence electrons. The minimum atomic E-state index is -2.38. The number of pyridine rings is 2. The van der Waals surface area contributed by atoms with Crippen LogP contribution in [0.4, 0.5) is 0 Å². The molecule has 6 nitrogen and oxygen atoms in total. The largest absolute Gasteiger partial charge is 0.499 e. The summed E-state index contributed by atoms with van der Waals surface area (Å²) in [6.45, 7) is 13.0. The fourth-order valence-electron chi connectivity index (χ4n) is 8.68. The van der Waals surface area contributed by atoms with Gasteiger partial charge in [0.25, 0.3) is 0 Å². The van der Waals surface area contributed by atoms with E-state index in [2.05, 4.69) is 119 Å². The van der Waals surface area contributed by atoms with Crippen LogP contribution in [0.25, 0.3) is 94.6 Å². The molecule has 0 amide bonds. The molecular formula is C58H50IrN4O2-2. The normalized spacial score (nSPS) is 12.7. The number of hydrogen-bond acceptors (Lipinski definition) is 5. The first kappa shape index (κ1) is 39.9. The van der Waals surface area contributed by atoms with Crippen LogP contribution in [0.5, 0.6) is 0 Å². The zero-order chi connectivity index (χ0) is 46.8. The Labute approximate surface area is 398 Å². The summed E-state index contributed by atoms with van der Waals surface area (Å²) in [6, 6.07) is 52.7. The van der Waals surface area contributed by atoms with Gasteiger partial charge in [0.2, 0.25) is 5.71 Å². The number of aryl methyl sites for hydroxylation is 1. The van der Waals surface area contributed by atoms with Crippen molar-refractivity contribution in [1.29, 1.82) is 0 Å². The van der Waals surface area contributed by atoms with Gasteiger partial charge in [0, 0.05) is 41.5 Å². The Balaban J connectivity index is 0.000000289. The quantitative estimate of drug-likeness (QED) is 0.155. The minimum Gasteiger partial charge on any atom is -0.499 e. The van der Waals surface area contributed by atoms with Crippen LogP contribution in [0.15, 0.2) is 155 Å². The zero-order valence-electron chi connectivity index (χ0n) is 40.4. The van der Waals surface area contributed by atoms with E-state index in [9.17, 15) is 0 Å². The molecule has 11 rings (SSSR count). The van der Waals surface area contributed by atoms with Gasteiger partial charge in [0.1, 0.15) is 16.7 Å². The van der Waals surface area contributed by atoms with Crippen molar-refractivity contribution in [3.8, 4) is 39.5 Å². The summed E-state index contributed by atoms with van der Waals surface area (Å²) in [5.74, 6) is 0.760. The van der Waals surface area contributed by atoms with Crippen molar-refractivity contribution in [3.63, 3.8) is 0 Å². The van der Waals surface area contributed by atoms with E-state index in [1.807, 2.05) is 85.1 Å². The van der Waals surface area contributed by atoms with Crippen molar-refractivity contribution in [3.05, 3.63) is 180 Å². The molecule has 0 aliphatic rings. The number of fused-ring (bicyclic) bond motifs is 7. The number of rotatable bonds is 6. The maximum atomic E-state index is 8.62. The summed E-state index contributed by atoms with van der Waals surface area (Å²) < 4.78 is 40.7. The maximum Gasteiger partial charge on any atom is 0.228 e. The van der Waals surface area contributed by atoms with Gasteiger partial charge in [-0.3, -0.25) is 4.98 Å². The third-order valence-electron chi connectivity index (χ3n) is 12.0. The SMILES string of the molecule is CC(C)(C)c1ccnc(-c2[c-]cccc2)c1.[2H]C([2H])([2H])c1cccc2nc(-c3[c-]ccc4c3oc3cc5c(nc34)oc3ccccc35)n(-c3c(C(C)C)cc(-c4ccccc4)cc3C(C)C)c12.[Ir]. The minimum absolute atomic E-state index is 0. The summed E-state index contributed by atoms with van der Waals surface area (Å²) in [7, 11) is 0. The molecule has 5 aromatic heterocycles. The maximum absolute atomic E-state index is 8.62. The molecule has 0 unspecified atom stereocenters. The number of nitrogens with zero attached hydrogens (tertiary/aromatic N) is 4. The Morgan fingerprint density at radius 1 is 0.662 bits per heavy atom. The van der Waals surface area contributed by atoms with Crippen LogP contribution in [0.2, 0.25) is 0 Å². The van der Waals surface area contributed by atoms with E-state index in [1.165, 1.54) is 5.56 Å². The van der Waals surface area contributed by atoms with Crippen molar-refractivity contribution in [1.82, 2.24) is 19.5 Å². The van der Waals surface area contributed by atoms with E-state index in [0.717, 1.165) is 60.9 Å². The molecule has 1 radical (unpaired) electrons. The van der Waals surface area contributed by atoms with Crippen molar-refractivity contribution in [2.75, 3.05) is 0 Å². The van der Waals surface area contributed by atoms with Crippen molar-refractivity contribution in [2.45, 2.75) is 72.6 Å². The van der Waals surface area contributed by atoms with Gasteiger partial charge in [-0.05, 0) is 105 Å². The smallest absolute Gasteiger partial charge is 0.228 e. The monoisotopic (exact) mass is 1030 g/mol. The predicted molar refractivity (Wildman–Crippen MR) is 263 cm³/mol.